The lowest BCUT2D eigenvalue weighted by Gasteiger charge is -2.50. The quantitative estimate of drug-likeness (QED) is 0.518. The molecule has 1 aliphatic rings. The van der Waals surface area contributed by atoms with Crippen molar-refractivity contribution in [1.82, 2.24) is 14.9 Å². The maximum Gasteiger partial charge on any atom is 0.346 e. The molecule has 1 aromatic heterocycles. The minimum atomic E-state index is -1.14. The Morgan fingerprint density at radius 3 is 2.77 bits per heavy atom. The molecule has 8 nitrogen and oxygen atoms in total. The van der Waals surface area contributed by atoms with Gasteiger partial charge in [-0.2, -0.15) is 0 Å². The Bertz CT molecular complexity index is 864. The highest BCUT2D eigenvalue weighted by Gasteiger charge is 2.47. The maximum absolute atomic E-state index is 14.1. The first-order valence-corrected chi connectivity index (χ1v) is 8.22. The molecule has 1 aromatic carbocycles. The summed E-state index contributed by atoms with van der Waals surface area (Å²) in [5.74, 6) is -0.352. The van der Waals surface area contributed by atoms with Gasteiger partial charge in [-0.15, -0.1) is 0 Å². The number of aromatic amines is 1. The molecule has 1 fully saturated rings. The Morgan fingerprint density at radius 1 is 1.46 bits per heavy atom. The van der Waals surface area contributed by atoms with E-state index in [-0.39, 0.29) is 30.2 Å². The zero-order valence-corrected chi connectivity index (χ0v) is 14.5. The zero-order valence-electron chi connectivity index (χ0n) is 14.5. The largest absolute Gasteiger partial charge is 0.386 e. The highest BCUT2D eigenvalue weighted by Crippen LogP contribution is 2.33. The average molecular weight is 363 g/mol. The molecule has 1 saturated heterocycles. The van der Waals surface area contributed by atoms with Gasteiger partial charge in [0.2, 0.25) is 0 Å². The second-order valence-electron chi connectivity index (χ2n) is 6.80. The van der Waals surface area contributed by atoms with Crippen LogP contribution in [0.25, 0.3) is 0 Å². The first kappa shape index (κ1) is 18.5. The Labute approximate surface area is 149 Å². The Morgan fingerprint density at radius 2 is 2.15 bits per heavy atom. The van der Waals surface area contributed by atoms with E-state index in [0.717, 1.165) is 5.56 Å². The number of likely N-dealkylation sites (tertiary alicyclic amines) is 1. The number of hydrogen-bond acceptors (Lipinski definition) is 7. The van der Waals surface area contributed by atoms with Crippen LogP contribution in [-0.2, 0) is 0 Å². The zero-order chi connectivity index (χ0) is 19.1. The van der Waals surface area contributed by atoms with Crippen molar-refractivity contribution in [3.63, 3.8) is 0 Å². The Balaban J connectivity index is 1.86. The second-order valence-corrected chi connectivity index (χ2v) is 6.80. The van der Waals surface area contributed by atoms with E-state index in [1.54, 1.807) is 24.8 Å². The number of nitrogens with zero attached hydrogens (tertiary/aromatic N) is 2. The molecule has 2 aromatic rings. The van der Waals surface area contributed by atoms with E-state index >= 15 is 0 Å². The molecule has 6 N–H and O–H groups in total. The van der Waals surface area contributed by atoms with Gasteiger partial charge >= 0.3 is 5.69 Å². The van der Waals surface area contributed by atoms with E-state index in [4.69, 9.17) is 5.73 Å². The van der Waals surface area contributed by atoms with Crippen molar-refractivity contribution in [2.75, 3.05) is 18.4 Å². The average Bonchev–Trinajstić information content (AvgIpc) is 2.54. The number of aromatic nitrogens is 2. The van der Waals surface area contributed by atoms with E-state index < -0.39 is 29.4 Å². The summed E-state index contributed by atoms with van der Waals surface area (Å²) in [6.45, 7) is 3.80. The predicted molar refractivity (Wildman–Crippen MR) is 94.4 cm³/mol. The van der Waals surface area contributed by atoms with Crippen LogP contribution in [-0.4, -0.2) is 49.8 Å². The standard InChI is InChI=1S/C17H22FN5O3/c1-9-3-4-13(12(18)5-9)21-14-11(6-20-16(25)22-14)15(24)23-7-17(26,8-23)10(2)19/h3-6,10,15,24,26H,7-8,19H2,1-2H3,(H2,20,21,22,25). The minimum absolute atomic E-state index is 0.136. The SMILES string of the molecule is Cc1ccc(Nc2[nH]c(=O)ncc2C(O)N2CC(O)(C(C)N)C2)c(F)c1. The first-order chi connectivity index (χ1) is 12.2. The fourth-order valence-corrected chi connectivity index (χ4v) is 2.87. The van der Waals surface area contributed by atoms with Crippen LogP contribution in [0.3, 0.4) is 0 Å². The molecular formula is C17H22FN5O3. The fraction of sp³-hybridized carbons (Fsp3) is 0.412. The minimum Gasteiger partial charge on any atom is -0.386 e. The number of nitrogens with two attached hydrogens (primary N) is 1. The highest BCUT2D eigenvalue weighted by molar-refractivity contribution is 5.60. The van der Waals surface area contributed by atoms with Crippen LogP contribution in [0.4, 0.5) is 15.9 Å². The van der Waals surface area contributed by atoms with Crippen LogP contribution >= 0.6 is 0 Å². The molecule has 3 rings (SSSR count). The van der Waals surface area contributed by atoms with Crippen LogP contribution in [0.5, 0.6) is 0 Å². The third kappa shape index (κ3) is 3.47. The third-order valence-electron chi connectivity index (χ3n) is 4.65. The third-order valence-corrected chi connectivity index (χ3v) is 4.65. The number of aryl methyl sites for hydroxylation is 1. The molecule has 0 radical (unpaired) electrons. The van der Waals surface area contributed by atoms with Crippen molar-refractivity contribution >= 4 is 11.5 Å². The van der Waals surface area contributed by atoms with Gasteiger partial charge in [0.25, 0.3) is 0 Å². The predicted octanol–water partition coefficient (Wildman–Crippen LogP) is 0.346. The Kier molecular flexibility index (Phi) is 4.80. The molecule has 1 aliphatic heterocycles. The molecule has 2 atom stereocenters. The number of nitrogens with one attached hydrogen (secondary N) is 2. The molecule has 0 bridgehead atoms. The molecule has 26 heavy (non-hydrogen) atoms. The molecule has 0 spiro atoms. The number of aliphatic hydroxyl groups excluding tert-OH is 1. The van der Waals surface area contributed by atoms with Crippen molar-refractivity contribution < 1.29 is 14.6 Å². The smallest absolute Gasteiger partial charge is 0.346 e. The monoisotopic (exact) mass is 363 g/mol. The van der Waals surface area contributed by atoms with Crippen molar-refractivity contribution in [2.45, 2.75) is 31.7 Å². The summed E-state index contributed by atoms with van der Waals surface area (Å²) in [7, 11) is 0. The maximum atomic E-state index is 14.1. The van der Waals surface area contributed by atoms with Crippen molar-refractivity contribution in [2.24, 2.45) is 5.73 Å². The number of benzene rings is 1. The second kappa shape index (κ2) is 6.76. The van der Waals surface area contributed by atoms with Crippen LogP contribution in [0, 0.1) is 12.7 Å². The lowest BCUT2D eigenvalue weighted by Crippen LogP contribution is -2.69. The van der Waals surface area contributed by atoms with E-state index in [1.807, 2.05) is 0 Å². The number of rotatable bonds is 5. The summed E-state index contributed by atoms with van der Waals surface area (Å²) < 4.78 is 14.1. The van der Waals surface area contributed by atoms with Gasteiger partial charge in [0.05, 0.1) is 11.3 Å². The van der Waals surface area contributed by atoms with Gasteiger partial charge in [0, 0.05) is 25.3 Å². The summed E-state index contributed by atoms with van der Waals surface area (Å²) in [5.41, 5.74) is 5.20. The molecular weight excluding hydrogens is 341 g/mol. The van der Waals surface area contributed by atoms with Crippen LogP contribution in [0.15, 0.2) is 29.2 Å². The number of H-pyrrole nitrogens is 1. The van der Waals surface area contributed by atoms with Gasteiger partial charge in [0.1, 0.15) is 23.5 Å². The summed E-state index contributed by atoms with van der Waals surface area (Å²) in [6.07, 6.45) is 0.0793. The lowest BCUT2D eigenvalue weighted by atomic mass is 9.87. The number of anilines is 2. The lowest BCUT2D eigenvalue weighted by molar-refractivity contribution is -0.170. The molecule has 0 saturated carbocycles. The van der Waals surface area contributed by atoms with Crippen LogP contribution in [0.1, 0.15) is 24.3 Å². The summed E-state index contributed by atoms with van der Waals surface area (Å²) in [5, 5.41) is 23.6. The van der Waals surface area contributed by atoms with E-state index in [9.17, 15) is 19.4 Å². The fourth-order valence-electron chi connectivity index (χ4n) is 2.87. The highest BCUT2D eigenvalue weighted by atomic mass is 19.1. The molecule has 9 heteroatoms. The summed E-state index contributed by atoms with van der Waals surface area (Å²) in [4.78, 5) is 19.3. The van der Waals surface area contributed by atoms with Crippen molar-refractivity contribution in [3.8, 4) is 0 Å². The van der Waals surface area contributed by atoms with Gasteiger partial charge in [-0.1, -0.05) is 6.07 Å². The molecule has 140 valence electrons. The van der Waals surface area contributed by atoms with Gasteiger partial charge in [-0.25, -0.2) is 14.2 Å². The Hall–Kier alpha value is -2.33. The van der Waals surface area contributed by atoms with E-state index in [1.165, 1.54) is 18.3 Å². The topological polar surface area (TPSA) is 128 Å². The van der Waals surface area contributed by atoms with Crippen LogP contribution < -0.4 is 16.7 Å². The molecule has 0 aliphatic carbocycles. The van der Waals surface area contributed by atoms with Crippen LogP contribution in [0.2, 0.25) is 0 Å². The van der Waals surface area contributed by atoms with E-state index in [0.29, 0.717) is 0 Å². The number of aliphatic hydroxyl groups is 2. The molecule has 2 heterocycles. The number of β-amino-alcohol motifs (C(OH)–C–C–N with tert-alkyl or cyclic N) is 1. The van der Waals surface area contributed by atoms with Crippen molar-refractivity contribution in [1.29, 1.82) is 0 Å². The number of halogens is 1. The van der Waals surface area contributed by atoms with Gasteiger partial charge < -0.3 is 21.3 Å². The molecule has 0 amide bonds. The van der Waals surface area contributed by atoms with Gasteiger partial charge in [0.15, 0.2) is 0 Å². The van der Waals surface area contributed by atoms with Gasteiger partial charge in [-0.05, 0) is 31.5 Å². The van der Waals surface area contributed by atoms with Gasteiger partial charge in [-0.3, -0.25) is 9.88 Å². The normalized spacial score (nSPS) is 18.8. The molecule has 2 unspecified atom stereocenters. The van der Waals surface area contributed by atoms with E-state index in [2.05, 4.69) is 15.3 Å². The van der Waals surface area contributed by atoms with Crippen molar-refractivity contribution in [3.05, 3.63) is 51.8 Å². The summed E-state index contributed by atoms with van der Waals surface area (Å²) >= 11 is 0. The first-order valence-electron chi connectivity index (χ1n) is 8.22. The number of hydrogen-bond donors (Lipinski definition) is 5. The summed E-state index contributed by atoms with van der Waals surface area (Å²) in [6, 6.07) is 4.17.